The molecule has 0 saturated carbocycles. The molecule has 1 aromatic heterocycles. The number of rotatable bonds is 4. The van der Waals surface area contributed by atoms with Crippen molar-refractivity contribution in [2.45, 2.75) is 19.6 Å². The number of pyridine rings is 1. The molecule has 1 atom stereocenters. The van der Waals surface area contributed by atoms with Crippen LogP contribution in [0.25, 0.3) is 0 Å². The van der Waals surface area contributed by atoms with Crippen LogP contribution in [0.5, 0.6) is 5.75 Å². The summed E-state index contributed by atoms with van der Waals surface area (Å²) < 4.78 is 19.2. The van der Waals surface area contributed by atoms with Gasteiger partial charge < -0.3 is 10.5 Å². The maximum absolute atomic E-state index is 13.7. The van der Waals surface area contributed by atoms with E-state index in [1.807, 2.05) is 0 Å². The van der Waals surface area contributed by atoms with Gasteiger partial charge in [0.2, 0.25) is 0 Å². The van der Waals surface area contributed by atoms with Gasteiger partial charge in [-0.05, 0) is 19.1 Å². The third kappa shape index (κ3) is 3.43. The van der Waals surface area contributed by atoms with Gasteiger partial charge in [0.25, 0.3) is 0 Å². The second-order valence-electron chi connectivity index (χ2n) is 4.23. The van der Waals surface area contributed by atoms with Crippen molar-refractivity contribution in [2.24, 2.45) is 5.73 Å². The van der Waals surface area contributed by atoms with Gasteiger partial charge >= 0.3 is 0 Å². The van der Waals surface area contributed by atoms with Crippen LogP contribution in [0.3, 0.4) is 0 Å². The summed E-state index contributed by atoms with van der Waals surface area (Å²) in [6, 6.07) is 6.06. The van der Waals surface area contributed by atoms with Crippen LogP contribution in [0.4, 0.5) is 4.39 Å². The quantitative estimate of drug-likeness (QED) is 0.933. The first-order valence-corrected chi connectivity index (χ1v) is 6.22. The van der Waals surface area contributed by atoms with Crippen molar-refractivity contribution >= 4 is 11.6 Å². The van der Waals surface area contributed by atoms with E-state index in [-0.39, 0.29) is 18.5 Å². The van der Waals surface area contributed by atoms with Crippen LogP contribution in [0.1, 0.15) is 24.1 Å². The van der Waals surface area contributed by atoms with Crippen LogP contribution < -0.4 is 10.5 Å². The van der Waals surface area contributed by atoms with Gasteiger partial charge in [-0.3, -0.25) is 4.98 Å². The molecule has 0 fully saturated rings. The Morgan fingerprint density at radius 2 is 2.21 bits per heavy atom. The van der Waals surface area contributed by atoms with Gasteiger partial charge in [0.15, 0.2) is 0 Å². The molecule has 3 nitrogen and oxygen atoms in total. The van der Waals surface area contributed by atoms with E-state index in [0.29, 0.717) is 16.3 Å². The maximum Gasteiger partial charge on any atom is 0.131 e. The fraction of sp³-hybridized carbons (Fsp3) is 0.214. The topological polar surface area (TPSA) is 48.1 Å². The summed E-state index contributed by atoms with van der Waals surface area (Å²) in [4.78, 5) is 3.88. The number of ether oxygens (including phenoxy) is 1. The minimum atomic E-state index is -0.367. The Kier molecular flexibility index (Phi) is 4.35. The smallest absolute Gasteiger partial charge is 0.131 e. The van der Waals surface area contributed by atoms with E-state index in [1.165, 1.54) is 6.07 Å². The Morgan fingerprint density at radius 3 is 2.84 bits per heavy atom. The number of hydrogen-bond donors (Lipinski definition) is 1. The van der Waals surface area contributed by atoms with E-state index < -0.39 is 0 Å². The zero-order valence-electron chi connectivity index (χ0n) is 10.4. The van der Waals surface area contributed by atoms with Crippen LogP contribution in [-0.2, 0) is 6.61 Å². The molecule has 0 aliphatic rings. The average Bonchev–Trinajstić information content (AvgIpc) is 2.37. The van der Waals surface area contributed by atoms with E-state index in [9.17, 15) is 4.39 Å². The van der Waals surface area contributed by atoms with Gasteiger partial charge in [-0.25, -0.2) is 4.39 Å². The van der Waals surface area contributed by atoms with Crippen molar-refractivity contribution in [2.75, 3.05) is 0 Å². The van der Waals surface area contributed by atoms with Gasteiger partial charge in [0.05, 0.1) is 5.02 Å². The molecule has 100 valence electrons. The van der Waals surface area contributed by atoms with Crippen LogP contribution in [0, 0.1) is 5.82 Å². The summed E-state index contributed by atoms with van der Waals surface area (Å²) >= 11 is 5.96. The van der Waals surface area contributed by atoms with Crippen molar-refractivity contribution in [3.8, 4) is 5.75 Å². The minimum absolute atomic E-state index is 0.262. The number of nitrogens with zero attached hydrogens (tertiary/aromatic N) is 1. The lowest BCUT2D eigenvalue weighted by molar-refractivity contribution is 0.304. The van der Waals surface area contributed by atoms with Crippen LogP contribution in [0.2, 0.25) is 5.02 Å². The van der Waals surface area contributed by atoms with Gasteiger partial charge in [-0.1, -0.05) is 17.7 Å². The third-order valence-electron chi connectivity index (χ3n) is 2.71. The maximum atomic E-state index is 13.7. The normalized spacial score (nSPS) is 12.2. The Balaban J connectivity index is 2.08. The average molecular weight is 281 g/mol. The minimum Gasteiger partial charge on any atom is -0.489 e. The molecule has 0 radical (unpaired) electrons. The lowest BCUT2D eigenvalue weighted by atomic mass is 10.1. The van der Waals surface area contributed by atoms with Gasteiger partial charge in [0, 0.05) is 35.6 Å². The Hall–Kier alpha value is -1.65. The molecule has 2 N–H and O–H groups in total. The molecule has 2 aromatic rings. The highest BCUT2D eigenvalue weighted by Crippen LogP contribution is 2.22. The number of hydrogen-bond acceptors (Lipinski definition) is 3. The fourth-order valence-corrected chi connectivity index (χ4v) is 1.82. The van der Waals surface area contributed by atoms with Crippen molar-refractivity contribution in [3.63, 3.8) is 0 Å². The number of aromatic nitrogens is 1. The molecule has 0 amide bonds. The van der Waals surface area contributed by atoms with Crippen molar-refractivity contribution in [1.82, 2.24) is 4.98 Å². The molecule has 0 bridgehead atoms. The fourth-order valence-electron chi connectivity index (χ4n) is 1.65. The summed E-state index contributed by atoms with van der Waals surface area (Å²) in [7, 11) is 0. The molecular weight excluding hydrogens is 267 g/mol. The van der Waals surface area contributed by atoms with Crippen LogP contribution in [-0.4, -0.2) is 4.98 Å². The molecule has 1 heterocycles. The summed E-state index contributed by atoms with van der Waals surface area (Å²) in [5.41, 5.74) is 6.91. The molecule has 5 heteroatoms. The molecule has 19 heavy (non-hydrogen) atoms. The Bertz CT molecular complexity index is 575. The van der Waals surface area contributed by atoms with Gasteiger partial charge in [-0.15, -0.1) is 0 Å². The number of benzene rings is 1. The standard InChI is InChI=1S/C14H14ClFN2O/c1-9(17)12-3-2-11(6-14(12)16)19-8-10-4-5-18-7-13(10)15/h2-7,9H,8,17H2,1H3. The lowest BCUT2D eigenvalue weighted by Crippen LogP contribution is -2.07. The van der Waals surface area contributed by atoms with E-state index in [2.05, 4.69) is 4.98 Å². The Morgan fingerprint density at radius 1 is 1.42 bits per heavy atom. The Labute approximate surface area is 116 Å². The molecule has 2 rings (SSSR count). The zero-order valence-corrected chi connectivity index (χ0v) is 11.2. The highest BCUT2D eigenvalue weighted by molar-refractivity contribution is 6.31. The highest BCUT2D eigenvalue weighted by atomic mass is 35.5. The first kappa shape index (κ1) is 13.8. The SMILES string of the molecule is CC(N)c1ccc(OCc2ccncc2Cl)cc1F. The summed E-state index contributed by atoms with van der Waals surface area (Å²) in [5.74, 6) is 0.0723. The van der Waals surface area contributed by atoms with E-state index in [1.54, 1.807) is 37.5 Å². The zero-order chi connectivity index (χ0) is 13.8. The predicted octanol–water partition coefficient (Wildman–Crippen LogP) is 3.47. The molecule has 0 saturated heterocycles. The van der Waals surface area contributed by atoms with Gasteiger partial charge in [-0.2, -0.15) is 0 Å². The molecule has 0 spiro atoms. The monoisotopic (exact) mass is 280 g/mol. The predicted molar refractivity (Wildman–Crippen MR) is 72.6 cm³/mol. The summed E-state index contributed by atoms with van der Waals surface area (Å²) in [6.45, 7) is 1.99. The van der Waals surface area contributed by atoms with Crippen LogP contribution >= 0.6 is 11.6 Å². The van der Waals surface area contributed by atoms with Crippen LogP contribution in [0.15, 0.2) is 36.7 Å². The first-order valence-electron chi connectivity index (χ1n) is 5.84. The van der Waals surface area contributed by atoms with Crippen molar-refractivity contribution in [1.29, 1.82) is 0 Å². The lowest BCUT2D eigenvalue weighted by Gasteiger charge is -2.11. The number of halogens is 2. The number of nitrogens with two attached hydrogens (primary N) is 1. The molecular formula is C14H14ClFN2O. The molecule has 1 unspecified atom stereocenters. The van der Waals surface area contributed by atoms with E-state index in [4.69, 9.17) is 22.1 Å². The van der Waals surface area contributed by atoms with Crippen molar-refractivity contribution in [3.05, 3.63) is 58.6 Å². The molecule has 1 aromatic carbocycles. The first-order chi connectivity index (χ1) is 9.08. The second kappa shape index (κ2) is 5.99. The van der Waals surface area contributed by atoms with Gasteiger partial charge in [0.1, 0.15) is 18.2 Å². The van der Waals surface area contributed by atoms with E-state index >= 15 is 0 Å². The van der Waals surface area contributed by atoms with Crippen molar-refractivity contribution < 1.29 is 9.13 Å². The largest absolute Gasteiger partial charge is 0.489 e. The highest BCUT2D eigenvalue weighted by Gasteiger charge is 2.08. The summed E-state index contributed by atoms with van der Waals surface area (Å²) in [6.07, 6.45) is 3.17. The molecule has 0 aliphatic carbocycles. The second-order valence-corrected chi connectivity index (χ2v) is 4.63. The molecule has 0 aliphatic heterocycles. The van der Waals surface area contributed by atoms with E-state index in [0.717, 1.165) is 5.56 Å². The third-order valence-corrected chi connectivity index (χ3v) is 3.05. The summed E-state index contributed by atoms with van der Waals surface area (Å²) in [5, 5.41) is 0.523.